The zero-order valence-electron chi connectivity index (χ0n) is 15.3. The molecule has 2 aromatic heterocycles. The number of benzene rings is 1. The minimum atomic E-state index is -4.69. The summed E-state index contributed by atoms with van der Waals surface area (Å²) in [6, 6.07) is 6.82. The molecule has 0 radical (unpaired) electrons. The van der Waals surface area contributed by atoms with Crippen molar-refractivity contribution in [1.29, 1.82) is 0 Å². The molecule has 0 spiro atoms. The fourth-order valence-corrected chi connectivity index (χ4v) is 3.52. The summed E-state index contributed by atoms with van der Waals surface area (Å²) in [7, 11) is 0. The molecule has 4 rings (SSSR count). The molecule has 0 unspecified atom stereocenters. The van der Waals surface area contributed by atoms with Crippen LogP contribution in [0.4, 0.5) is 29.1 Å². The molecule has 1 N–H and O–H groups in total. The number of aromatic nitrogens is 4. The number of halogens is 5. The van der Waals surface area contributed by atoms with E-state index >= 15 is 0 Å². The third-order valence-corrected chi connectivity index (χ3v) is 5.10. The fraction of sp³-hybridized carbons (Fsp3) is 0.333. The first-order valence-electron chi connectivity index (χ1n) is 9.03. The van der Waals surface area contributed by atoms with Gasteiger partial charge in [0.1, 0.15) is 11.6 Å². The second-order valence-corrected chi connectivity index (χ2v) is 7.29. The van der Waals surface area contributed by atoms with Crippen molar-refractivity contribution in [3.05, 3.63) is 47.0 Å². The molecule has 30 heavy (non-hydrogen) atoms. The Morgan fingerprint density at radius 1 is 1.20 bits per heavy atom. The van der Waals surface area contributed by atoms with Crippen LogP contribution in [-0.4, -0.2) is 38.8 Å². The topological polar surface area (TPSA) is 75.4 Å². The van der Waals surface area contributed by atoms with Crippen LogP contribution in [0.25, 0.3) is 5.65 Å². The Labute approximate surface area is 172 Å². The number of fused-ring (bicyclic) bond motifs is 1. The highest BCUT2D eigenvalue weighted by Crippen LogP contribution is 2.29. The highest BCUT2D eigenvalue weighted by atomic mass is 35.5. The van der Waals surface area contributed by atoms with Crippen LogP contribution in [0, 0.1) is 11.7 Å². The van der Waals surface area contributed by atoms with Crippen LogP contribution < -0.4 is 10.2 Å². The van der Waals surface area contributed by atoms with Gasteiger partial charge in [0.2, 0.25) is 5.91 Å². The molecule has 158 valence electrons. The van der Waals surface area contributed by atoms with Crippen LogP contribution in [0.5, 0.6) is 0 Å². The van der Waals surface area contributed by atoms with Crippen LogP contribution in [0.15, 0.2) is 30.3 Å². The van der Waals surface area contributed by atoms with Gasteiger partial charge in [-0.05, 0) is 43.2 Å². The van der Waals surface area contributed by atoms with Crippen LogP contribution >= 0.6 is 11.6 Å². The van der Waals surface area contributed by atoms with E-state index in [2.05, 4.69) is 20.6 Å². The summed E-state index contributed by atoms with van der Waals surface area (Å²) >= 11 is 5.73. The van der Waals surface area contributed by atoms with Crippen molar-refractivity contribution in [3.8, 4) is 0 Å². The minimum Gasteiger partial charge on any atom is -0.354 e. The van der Waals surface area contributed by atoms with Crippen molar-refractivity contribution in [1.82, 2.24) is 19.8 Å². The second kappa shape index (κ2) is 7.71. The van der Waals surface area contributed by atoms with E-state index in [4.69, 9.17) is 11.6 Å². The molecule has 1 aromatic carbocycles. The van der Waals surface area contributed by atoms with Crippen LogP contribution in [0.3, 0.4) is 0 Å². The number of carbonyl (C=O) groups excluding carboxylic acids is 1. The minimum absolute atomic E-state index is 0.0226. The van der Waals surface area contributed by atoms with Crippen molar-refractivity contribution in [2.75, 3.05) is 23.3 Å². The molecule has 3 heterocycles. The standard InChI is InChI=1S/C18H15ClF4N6O/c19-12-8-11(3-4-13(12)20)24-16(30)10-2-1-7-28(9-10)15-6-5-14-25-26-17(18(21,22)23)29(14)27-15/h3-6,8,10H,1-2,7,9H2,(H,24,30)/t10-/m0/s1. The van der Waals surface area contributed by atoms with Gasteiger partial charge >= 0.3 is 6.18 Å². The molecule has 3 aromatic rings. The largest absolute Gasteiger partial charge is 0.453 e. The van der Waals surface area contributed by atoms with Gasteiger partial charge < -0.3 is 10.2 Å². The number of nitrogens with one attached hydrogen (secondary N) is 1. The maximum Gasteiger partial charge on any atom is 0.453 e. The number of nitrogens with zero attached hydrogens (tertiary/aromatic N) is 5. The first-order chi connectivity index (χ1) is 14.2. The molecule has 1 amide bonds. The lowest BCUT2D eigenvalue weighted by Gasteiger charge is -2.32. The van der Waals surface area contributed by atoms with Gasteiger partial charge in [-0.2, -0.15) is 17.7 Å². The van der Waals surface area contributed by atoms with Gasteiger partial charge in [0.15, 0.2) is 5.65 Å². The third kappa shape index (κ3) is 4.02. The monoisotopic (exact) mass is 442 g/mol. The van der Waals surface area contributed by atoms with Gasteiger partial charge in [-0.15, -0.1) is 15.3 Å². The summed E-state index contributed by atoms with van der Waals surface area (Å²) in [5.41, 5.74) is 0.341. The first kappa shape index (κ1) is 20.3. The zero-order chi connectivity index (χ0) is 21.5. The molecular formula is C18H15ClF4N6O. The Morgan fingerprint density at radius 2 is 2.00 bits per heavy atom. The van der Waals surface area contributed by atoms with Crippen LogP contribution in [0.2, 0.25) is 5.02 Å². The quantitative estimate of drug-likeness (QED) is 0.625. The molecule has 0 saturated carbocycles. The number of carbonyl (C=O) groups is 1. The number of piperidine rings is 1. The molecule has 1 saturated heterocycles. The van der Waals surface area contributed by atoms with Gasteiger partial charge in [0.25, 0.3) is 5.82 Å². The maximum absolute atomic E-state index is 13.3. The Bertz CT molecular complexity index is 1100. The molecular weight excluding hydrogens is 428 g/mol. The maximum atomic E-state index is 13.3. The lowest BCUT2D eigenvalue weighted by atomic mass is 9.97. The van der Waals surface area contributed by atoms with E-state index in [0.717, 1.165) is 6.07 Å². The normalized spacial score (nSPS) is 17.4. The van der Waals surface area contributed by atoms with E-state index < -0.39 is 23.7 Å². The number of hydrogen-bond donors (Lipinski definition) is 1. The van der Waals surface area contributed by atoms with Crippen LogP contribution in [0.1, 0.15) is 18.7 Å². The van der Waals surface area contributed by atoms with Gasteiger partial charge in [-0.1, -0.05) is 11.6 Å². The Balaban J connectivity index is 1.52. The van der Waals surface area contributed by atoms with Crippen molar-refractivity contribution in [3.63, 3.8) is 0 Å². The number of anilines is 2. The van der Waals surface area contributed by atoms with E-state index in [-0.39, 0.29) is 28.9 Å². The first-order valence-corrected chi connectivity index (χ1v) is 9.40. The Hall–Kier alpha value is -2.95. The Morgan fingerprint density at radius 3 is 2.73 bits per heavy atom. The molecule has 1 aliphatic rings. The van der Waals surface area contributed by atoms with E-state index in [9.17, 15) is 22.4 Å². The van der Waals surface area contributed by atoms with E-state index in [1.54, 1.807) is 11.0 Å². The summed E-state index contributed by atoms with van der Waals surface area (Å²) in [4.78, 5) is 14.4. The fourth-order valence-electron chi connectivity index (χ4n) is 3.34. The smallest absolute Gasteiger partial charge is 0.354 e. The lowest BCUT2D eigenvalue weighted by molar-refractivity contribution is -0.146. The predicted molar refractivity (Wildman–Crippen MR) is 101 cm³/mol. The summed E-state index contributed by atoms with van der Waals surface area (Å²) in [5.74, 6) is -2.23. The molecule has 0 aliphatic carbocycles. The van der Waals surface area contributed by atoms with E-state index in [0.29, 0.717) is 29.6 Å². The number of amides is 1. The molecule has 0 bridgehead atoms. The highest BCUT2D eigenvalue weighted by molar-refractivity contribution is 6.31. The van der Waals surface area contributed by atoms with Crippen LogP contribution in [-0.2, 0) is 11.0 Å². The molecule has 1 atom stereocenters. The summed E-state index contributed by atoms with van der Waals surface area (Å²) in [5, 5.41) is 13.3. The third-order valence-electron chi connectivity index (χ3n) is 4.81. The van der Waals surface area contributed by atoms with E-state index in [1.165, 1.54) is 18.2 Å². The molecule has 1 fully saturated rings. The van der Waals surface area contributed by atoms with Gasteiger partial charge in [0, 0.05) is 18.8 Å². The van der Waals surface area contributed by atoms with Crippen molar-refractivity contribution in [2.45, 2.75) is 19.0 Å². The SMILES string of the molecule is O=C(Nc1ccc(F)c(Cl)c1)[C@H]1CCCN(c2ccc3nnc(C(F)(F)F)n3n2)C1. The highest BCUT2D eigenvalue weighted by Gasteiger charge is 2.38. The van der Waals surface area contributed by atoms with Crippen molar-refractivity contribution in [2.24, 2.45) is 5.92 Å². The van der Waals surface area contributed by atoms with Gasteiger partial charge in [-0.3, -0.25) is 4.79 Å². The van der Waals surface area contributed by atoms with Gasteiger partial charge in [-0.25, -0.2) is 4.39 Å². The average molecular weight is 443 g/mol. The summed E-state index contributed by atoms with van der Waals surface area (Å²) < 4.78 is 53.2. The molecule has 7 nitrogen and oxygen atoms in total. The van der Waals surface area contributed by atoms with E-state index in [1.807, 2.05) is 0 Å². The second-order valence-electron chi connectivity index (χ2n) is 6.89. The average Bonchev–Trinajstić information content (AvgIpc) is 3.14. The van der Waals surface area contributed by atoms with Gasteiger partial charge in [0.05, 0.1) is 10.9 Å². The summed E-state index contributed by atoms with van der Waals surface area (Å²) in [6.45, 7) is 0.802. The number of alkyl halides is 3. The Kier molecular flexibility index (Phi) is 5.22. The summed E-state index contributed by atoms with van der Waals surface area (Å²) in [6.07, 6.45) is -3.44. The lowest BCUT2D eigenvalue weighted by Crippen LogP contribution is -2.41. The van der Waals surface area contributed by atoms with Crippen molar-refractivity contribution >= 4 is 34.7 Å². The predicted octanol–water partition coefficient (Wildman–Crippen LogP) is 3.79. The number of rotatable bonds is 3. The molecule has 1 aliphatic heterocycles. The number of hydrogen-bond acceptors (Lipinski definition) is 5. The zero-order valence-corrected chi connectivity index (χ0v) is 16.1. The molecule has 12 heteroatoms. The van der Waals surface area contributed by atoms with Crippen molar-refractivity contribution < 1.29 is 22.4 Å².